The second kappa shape index (κ2) is 10.2. The first-order chi connectivity index (χ1) is 13.6. The van der Waals surface area contributed by atoms with E-state index in [9.17, 15) is 4.79 Å². The number of nitrogens with one attached hydrogen (secondary N) is 2. The standard InChI is InChI=1S/C22H19IN2O2S/c23-20-12-5-4-11-19(20)21(26)25-22(28)24-17-9-6-10-18(15-17)27-14-13-16-7-2-1-3-8-16/h1-12,15H,13-14H2,(H2,24,25,26,28). The van der Waals surface area contributed by atoms with Crippen LogP contribution in [0.1, 0.15) is 15.9 Å². The number of hydrogen-bond donors (Lipinski definition) is 2. The minimum Gasteiger partial charge on any atom is -0.493 e. The molecule has 0 aromatic heterocycles. The summed E-state index contributed by atoms with van der Waals surface area (Å²) >= 11 is 7.39. The van der Waals surface area contributed by atoms with Gasteiger partial charge in [-0.05, 0) is 64.6 Å². The van der Waals surface area contributed by atoms with E-state index in [1.54, 1.807) is 6.07 Å². The molecular formula is C22H19IN2O2S. The van der Waals surface area contributed by atoms with Crippen LogP contribution < -0.4 is 15.4 Å². The van der Waals surface area contributed by atoms with Gasteiger partial charge in [0.25, 0.3) is 5.91 Å². The van der Waals surface area contributed by atoms with Crippen molar-refractivity contribution in [3.8, 4) is 5.75 Å². The molecule has 0 aliphatic carbocycles. The van der Waals surface area contributed by atoms with Gasteiger partial charge in [0, 0.05) is 21.7 Å². The smallest absolute Gasteiger partial charge is 0.258 e. The number of amides is 1. The van der Waals surface area contributed by atoms with Gasteiger partial charge in [0.15, 0.2) is 5.11 Å². The lowest BCUT2D eigenvalue weighted by Crippen LogP contribution is -2.34. The fourth-order valence-corrected chi connectivity index (χ4v) is 3.42. The molecule has 0 unspecified atom stereocenters. The Morgan fingerprint density at radius 2 is 1.71 bits per heavy atom. The fourth-order valence-electron chi connectivity index (χ4n) is 2.57. The van der Waals surface area contributed by atoms with Crippen molar-refractivity contribution in [3.63, 3.8) is 0 Å². The largest absolute Gasteiger partial charge is 0.493 e. The van der Waals surface area contributed by atoms with Crippen LogP contribution in [0.15, 0.2) is 78.9 Å². The summed E-state index contributed by atoms with van der Waals surface area (Å²) in [6.45, 7) is 0.584. The molecule has 1 amide bonds. The van der Waals surface area contributed by atoms with Crippen molar-refractivity contribution in [1.29, 1.82) is 0 Å². The van der Waals surface area contributed by atoms with Crippen molar-refractivity contribution in [2.45, 2.75) is 6.42 Å². The van der Waals surface area contributed by atoms with Gasteiger partial charge in [0.1, 0.15) is 5.75 Å². The third-order valence-corrected chi connectivity index (χ3v) is 5.08. The van der Waals surface area contributed by atoms with Crippen LogP contribution in [0.4, 0.5) is 5.69 Å². The van der Waals surface area contributed by atoms with Crippen LogP contribution in [0.25, 0.3) is 0 Å². The van der Waals surface area contributed by atoms with Crippen molar-refractivity contribution < 1.29 is 9.53 Å². The Bertz CT molecular complexity index is 964. The highest BCUT2D eigenvalue weighted by molar-refractivity contribution is 14.1. The highest BCUT2D eigenvalue weighted by Crippen LogP contribution is 2.18. The van der Waals surface area contributed by atoms with Crippen molar-refractivity contribution >= 4 is 51.5 Å². The Kier molecular flexibility index (Phi) is 7.39. The van der Waals surface area contributed by atoms with Gasteiger partial charge in [-0.3, -0.25) is 10.1 Å². The molecule has 0 aliphatic heterocycles. The van der Waals surface area contributed by atoms with Crippen molar-refractivity contribution in [1.82, 2.24) is 5.32 Å². The van der Waals surface area contributed by atoms with Gasteiger partial charge in [-0.25, -0.2) is 0 Å². The maximum atomic E-state index is 12.3. The first-order valence-electron chi connectivity index (χ1n) is 8.75. The molecule has 0 heterocycles. The maximum Gasteiger partial charge on any atom is 0.258 e. The molecule has 6 heteroatoms. The van der Waals surface area contributed by atoms with E-state index in [1.807, 2.05) is 60.7 Å². The lowest BCUT2D eigenvalue weighted by Gasteiger charge is -2.12. The second-order valence-electron chi connectivity index (χ2n) is 6.00. The summed E-state index contributed by atoms with van der Waals surface area (Å²) in [4.78, 5) is 12.3. The zero-order valence-electron chi connectivity index (χ0n) is 15.0. The number of carbonyl (C=O) groups is 1. The fraction of sp³-hybridized carbons (Fsp3) is 0.0909. The van der Waals surface area contributed by atoms with Gasteiger partial charge < -0.3 is 10.1 Å². The molecule has 2 N–H and O–H groups in total. The molecule has 0 saturated heterocycles. The van der Waals surface area contributed by atoms with Gasteiger partial charge in [-0.2, -0.15) is 0 Å². The molecule has 3 aromatic rings. The molecule has 4 nitrogen and oxygen atoms in total. The average molecular weight is 502 g/mol. The van der Waals surface area contributed by atoms with Gasteiger partial charge in [0.2, 0.25) is 0 Å². The number of halogens is 1. The summed E-state index contributed by atoms with van der Waals surface area (Å²) in [5.41, 5.74) is 2.58. The van der Waals surface area contributed by atoms with Crippen LogP contribution in [0.5, 0.6) is 5.75 Å². The van der Waals surface area contributed by atoms with Crippen LogP contribution in [0.3, 0.4) is 0 Å². The molecular weight excluding hydrogens is 483 g/mol. The minimum absolute atomic E-state index is 0.238. The molecule has 0 atom stereocenters. The van der Waals surface area contributed by atoms with E-state index in [1.165, 1.54) is 5.56 Å². The molecule has 0 spiro atoms. The van der Waals surface area contributed by atoms with E-state index >= 15 is 0 Å². The molecule has 3 aromatic carbocycles. The van der Waals surface area contributed by atoms with Crippen LogP contribution in [-0.4, -0.2) is 17.6 Å². The highest BCUT2D eigenvalue weighted by Gasteiger charge is 2.11. The van der Waals surface area contributed by atoms with E-state index < -0.39 is 0 Å². The molecule has 0 aliphatic rings. The number of anilines is 1. The van der Waals surface area contributed by atoms with Crippen LogP contribution in [0, 0.1) is 3.57 Å². The zero-order valence-corrected chi connectivity index (χ0v) is 18.0. The zero-order chi connectivity index (χ0) is 19.8. The summed E-state index contributed by atoms with van der Waals surface area (Å²) in [7, 11) is 0. The van der Waals surface area contributed by atoms with E-state index in [2.05, 4.69) is 45.4 Å². The molecule has 3 rings (SSSR count). The van der Waals surface area contributed by atoms with Gasteiger partial charge in [0.05, 0.1) is 12.2 Å². The summed E-state index contributed by atoms with van der Waals surface area (Å²) in [5, 5.41) is 5.97. The van der Waals surface area contributed by atoms with Gasteiger partial charge in [-0.15, -0.1) is 0 Å². The van der Waals surface area contributed by atoms with Crippen LogP contribution >= 0.6 is 34.8 Å². The first-order valence-corrected chi connectivity index (χ1v) is 10.2. The number of thiocarbonyl (C=S) groups is 1. The van der Waals surface area contributed by atoms with Gasteiger partial charge in [-0.1, -0.05) is 48.5 Å². The molecule has 142 valence electrons. The SMILES string of the molecule is O=C(NC(=S)Nc1cccc(OCCc2ccccc2)c1)c1ccccc1I. The normalized spacial score (nSPS) is 10.2. The topological polar surface area (TPSA) is 50.4 Å². The number of rotatable bonds is 6. The van der Waals surface area contributed by atoms with E-state index in [0.29, 0.717) is 12.2 Å². The van der Waals surface area contributed by atoms with E-state index in [0.717, 1.165) is 21.4 Å². The van der Waals surface area contributed by atoms with Crippen molar-refractivity contribution in [2.75, 3.05) is 11.9 Å². The third kappa shape index (κ3) is 6.03. The minimum atomic E-state index is -0.238. The average Bonchev–Trinajstić information content (AvgIpc) is 2.69. The van der Waals surface area contributed by atoms with Crippen molar-refractivity contribution in [3.05, 3.63) is 93.6 Å². The van der Waals surface area contributed by atoms with E-state index in [-0.39, 0.29) is 11.0 Å². The monoisotopic (exact) mass is 502 g/mol. The molecule has 0 saturated carbocycles. The first kappa shape index (κ1) is 20.3. The molecule has 0 bridgehead atoms. The Morgan fingerprint density at radius 3 is 2.50 bits per heavy atom. The molecule has 0 fully saturated rings. The summed E-state index contributed by atoms with van der Waals surface area (Å²) in [6.07, 6.45) is 0.836. The Balaban J connectivity index is 1.53. The van der Waals surface area contributed by atoms with Crippen LogP contribution in [-0.2, 0) is 6.42 Å². The van der Waals surface area contributed by atoms with E-state index in [4.69, 9.17) is 17.0 Å². The lowest BCUT2D eigenvalue weighted by atomic mass is 10.2. The predicted molar refractivity (Wildman–Crippen MR) is 125 cm³/mol. The molecule has 0 radical (unpaired) electrons. The summed E-state index contributed by atoms with van der Waals surface area (Å²) in [6, 6.07) is 25.1. The quantitative estimate of drug-likeness (QED) is 0.367. The van der Waals surface area contributed by atoms with Gasteiger partial charge >= 0.3 is 0 Å². The number of carbonyl (C=O) groups excluding carboxylic acids is 1. The summed E-state index contributed by atoms with van der Waals surface area (Å²) < 4.78 is 6.70. The number of hydrogen-bond acceptors (Lipinski definition) is 3. The highest BCUT2D eigenvalue weighted by atomic mass is 127. The third-order valence-electron chi connectivity index (χ3n) is 3.94. The number of benzene rings is 3. The lowest BCUT2D eigenvalue weighted by molar-refractivity contribution is 0.0977. The summed E-state index contributed by atoms with van der Waals surface area (Å²) in [5.74, 6) is 0.505. The second-order valence-corrected chi connectivity index (χ2v) is 7.57. The molecule has 28 heavy (non-hydrogen) atoms. The Hall–Kier alpha value is -2.45. The Morgan fingerprint density at radius 1 is 0.964 bits per heavy atom. The number of ether oxygens (including phenoxy) is 1. The van der Waals surface area contributed by atoms with Crippen molar-refractivity contribution in [2.24, 2.45) is 0 Å². The maximum absolute atomic E-state index is 12.3. The Labute approximate surface area is 183 Å². The van der Waals surface area contributed by atoms with Crippen LogP contribution in [0.2, 0.25) is 0 Å². The predicted octanol–water partition coefficient (Wildman–Crippen LogP) is 5.04.